The van der Waals surface area contributed by atoms with Gasteiger partial charge in [0.25, 0.3) is 0 Å². The average Bonchev–Trinajstić information content (AvgIpc) is 2.59. The summed E-state index contributed by atoms with van der Waals surface area (Å²) in [6.45, 7) is 1.53. The molecule has 0 spiro atoms. The lowest BCUT2D eigenvalue weighted by molar-refractivity contribution is -0.160. The van der Waals surface area contributed by atoms with Crippen molar-refractivity contribution in [3.05, 3.63) is 65.7 Å². The Bertz CT molecular complexity index is 744. The quantitative estimate of drug-likeness (QED) is 0.644. The number of rotatable bonds is 3. The van der Waals surface area contributed by atoms with Gasteiger partial charge >= 0.3 is 11.6 Å². The number of benzene rings is 2. The Hall–Kier alpha value is -2.69. The molecule has 0 radical (unpaired) electrons. The van der Waals surface area contributed by atoms with Crippen LogP contribution in [0, 0.1) is 0 Å². The Morgan fingerprint density at radius 2 is 1.83 bits per heavy atom. The molecule has 0 fully saturated rings. The number of halogens is 1. The molecule has 1 heterocycles. The van der Waals surface area contributed by atoms with Gasteiger partial charge in [-0.3, -0.25) is 4.79 Å². The number of fused-ring (bicyclic) bond motifs is 1. The fourth-order valence-electron chi connectivity index (χ4n) is 2.64. The SMILES string of the molecule is CCOC(=O)[C@]1(F)C(=O)c2ccccc2O[C@@H]1c1ccccc1. The lowest BCUT2D eigenvalue weighted by atomic mass is 9.83. The third-order valence-corrected chi connectivity index (χ3v) is 3.74. The Labute approximate surface area is 132 Å². The van der Waals surface area contributed by atoms with Gasteiger partial charge in [0.1, 0.15) is 5.75 Å². The van der Waals surface area contributed by atoms with E-state index in [2.05, 4.69) is 0 Å². The summed E-state index contributed by atoms with van der Waals surface area (Å²) in [6.07, 6.45) is -1.38. The molecule has 0 unspecified atom stereocenters. The largest absolute Gasteiger partial charge is 0.480 e. The van der Waals surface area contributed by atoms with E-state index in [-0.39, 0.29) is 17.9 Å². The van der Waals surface area contributed by atoms with Crippen molar-refractivity contribution in [2.45, 2.75) is 18.7 Å². The predicted molar refractivity (Wildman–Crippen MR) is 81.1 cm³/mol. The number of alkyl halides is 1. The smallest absolute Gasteiger partial charge is 0.356 e. The highest BCUT2D eigenvalue weighted by molar-refractivity contribution is 6.18. The van der Waals surface area contributed by atoms with Crippen LogP contribution in [-0.4, -0.2) is 24.0 Å². The van der Waals surface area contributed by atoms with Crippen LogP contribution in [0.1, 0.15) is 28.9 Å². The summed E-state index contributed by atoms with van der Waals surface area (Å²) in [5, 5.41) is 0. The molecular weight excluding hydrogens is 299 g/mol. The molecule has 0 amide bonds. The molecule has 0 N–H and O–H groups in total. The first-order valence-corrected chi connectivity index (χ1v) is 7.30. The Kier molecular flexibility index (Phi) is 3.86. The number of hydrogen-bond acceptors (Lipinski definition) is 4. The molecular formula is C18H15FO4. The molecule has 0 saturated carbocycles. The third kappa shape index (κ3) is 2.38. The van der Waals surface area contributed by atoms with E-state index in [9.17, 15) is 9.59 Å². The maximum absolute atomic E-state index is 15.6. The topological polar surface area (TPSA) is 52.6 Å². The average molecular weight is 314 g/mol. The minimum absolute atomic E-state index is 0.0268. The van der Waals surface area contributed by atoms with E-state index < -0.39 is 23.5 Å². The van der Waals surface area contributed by atoms with Gasteiger partial charge in [0.2, 0.25) is 5.78 Å². The maximum atomic E-state index is 15.6. The number of carbonyl (C=O) groups excluding carboxylic acids is 2. The Balaban J connectivity index is 2.16. The van der Waals surface area contributed by atoms with Crippen molar-refractivity contribution >= 4 is 11.8 Å². The first-order chi connectivity index (χ1) is 11.1. The van der Waals surface area contributed by atoms with Crippen LogP contribution in [0.3, 0.4) is 0 Å². The number of hydrogen-bond donors (Lipinski definition) is 0. The minimum Gasteiger partial charge on any atom is -0.480 e. The number of carbonyl (C=O) groups is 2. The fourth-order valence-corrected chi connectivity index (χ4v) is 2.64. The highest BCUT2D eigenvalue weighted by atomic mass is 19.1. The van der Waals surface area contributed by atoms with Gasteiger partial charge in [-0.05, 0) is 24.6 Å². The molecule has 2 atom stereocenters. The second kappa shape index (κ2) is 5.83. The predicted octanol–water partition coefficient (Wildman–Crippen LogP) is 3.27. The van der Waals surface area contributed by atoms with E-state index in [4.69, 9.17) is 9.47 Å². The molecule has 2 aromatic rings. The van der Waals surface area contributed by atoms with Gasteiger partial charge in [0.15, 0.2) is 6.10 Å². The monoisotopic (exact) mass is 314 g/mol. The van der Waals surface area contributed by atoms with Crippen LogP contribution in [0.15, 0.2) is 54.6 Å². The zero-order valence-corrected chi connectivity index (χ0v) is 12.5. The van der Waals surface area contributed by atoms with Crippen molar-refractivity contribution < 1.29 is 23.5 Å². The molecule has 3 rings (SSSR count). The van der Waals surface area contributed by atoms with Crippen LogP contribution in [0.4, 0.5) is 4.39 Å². The van der Waals surface area contributed by atoms with Crippen molar-refractivity contribution in [3.8, 4) is 5.75 Å². The molecule has 0 aromatic heterocycles. The van der Waals surface area contributed by atoms with Gasteiger partial charge in [-0.15, -0.1) is 0 Å². The van der Waals surface area contributed by atoms with Crippen molar-refractivity contribution in [3.63, 3.8) is 0 Å². The van der Waals surface area contributed by atoms with E-state index >= 15 is 4.39 Å². The van der Waals surface area contributed by atoms with Crippen molar-refractivity contribution in [1.29, 1.82) is 0 Å². The number of para-hydroxylation sites is 1. The van der Waals surface area contributed by atoms with Crippen molar-refractivity contribution in [1.82, 2.24) is 0 Å². The number of ketones is 1. The summed E-state index contributed by atoms with van der Waals surface area (Å²) in [6, 6.07) is 14.6. The molecule has 2 aromatic carbocycles. The zero-order valence-electron chi connectivity index (χ0n) is 12.5. The first kappa shape index (κ1) is 15.2. The van der Waals surface area contributed by atoms with E-state index in [0.717, 1.165) is 0 Å². The lowest BCUT2D eigenvalue weighted by Crippen LogP contribution is -2.53. The van der Waals surface area contributed by atoms with Gasteiger partial charge in [-0.25, -0.2) is 9.18 Å². The number of esters is 1. The van der Waals surface area contributed by atoms with Crippen molar-refractivity contribution in [2.75, 3.05) is 6.61 Å². The number of Topliss-reactive ketones (excluding diaryl/α,β-unsaturated/α-hetero) is 1. The van der Waals surface area contributed by atoms with Crippen LogP contribution in [0.5, 0.6) is 5.75 Å². The molecule has 0 bridgehead atoms. The first-order valence-electron chi connectivity index (χ1n) is 7.30. The molecule has 0 saturated heterocycles. The molecule has 5 heteroatoms. The van der Waals surface area contributed by atoms with E-state index in [1.54, 1.807) is 55.5 Å². The summed E-state index contributed by atoms with van der Waals surface area (Å²) in [7, 11) is 0. The highest BCUT2D eigenvalue weighted by Gasteiger charge is 2.60. The second-order valence-electron chi connectivity index (χ2n) is 5.17. The second-order valence-corrected chi connectivity index (χ2v) is 5.17. The van der Waals surface area contributed by atoms with E-state index in [1.807, 2.05) is 0 Å². The summed E-state index contributed by atoms with van der Waals surface area (Å²) in [5.41, 5.74) is -2.48. The normalized spacial score (nSPS) is 22.9. The molecule has 0 aliphatic carbocycles. The van der Waals surface area contributed by atoms with Gasteiger partial charge in [0.05, 0.1) is 12.2 Å². The molecule has 4 nitrogen and oxygen atoms in total. The van der Waals surface area contributed by atoms with E-state index in [1.165, 1.54) is 6.07 Å². The fraction of sp³-hybridized carbons (Fsp3) is 0.222. The standard InChI is InChI=1S/C18H15FO4/c1-2-22-17(21)18(19)15(20)13-10-6-7-11-14(13)23-16(18)12-8-4-3-5-9-12/h3-11,16H,2H2,1H3/t16-,18+/m1/s1. The molecule has 118 valence electrons. The zero-order chi connectivity index (χ0) is 16.4. The van der Waals surface area contributed by atoms with Gasteiger partial charge in [0, 0.05) is 0 Å². The number of ether oxygens (including phenoxy) is 2. The summed E-state index contributed by atoms with van der Waals surface area (Å²) >= 11 is 0. The van der Waals surface area contributed by atoms with Gasteiger partial charge in [-0.1, -0.05) is 42.5 Å². The summed E-state index contributed by atoms with van der Waals surface area (Å²) < 4.78 is 26.1. The third-order valence-electron chi connectivity index (χ3n) is 3.74. The molecule has 1 aliphatic rings. The minimum atomic E-state index is -2.91. The maximum Gasteiger partial charge on any atom is 0.356 e. The summed E-state index contributed by atoms with van der Waals surface area (Å²) in [5.74, 6) is -1.91. The highest BCUT2D eigenvalue weighted by Crippen LogP contribution is 2.44. The van der Waals surface area contributed by atoms with Crippen LogP contribution in [0.25, 0.3) is 0 Å². The van der Waals surface area contributed by atoms with Crippen LogP contribution in [0.2, 0.25) is 0 Å². The lowest BCUT2D eigenvalue weighted by Gasteiger charge is -2.35. The van der Waals surface area contributed by atoms with Crippen LogP contribution in [-0.2, 0) is 9.53 Å². The van der Waals surface area contributed by atoms with Crippen LogP contribution < -0.4 is 4.74 Å². The van der Waals surface area contributed by atoms with Gasteiger partial charge in [-0.2, -0.15) is 0 Å². The van der Waals surface area contributed by atoms with Crippen LogP contribution >= 0.6 is 0 Å². The molecule has 1 aliphatic heterocycles. The summed E-state index contributed by atoms with van der Waals surface area (Å²) in [4.78, 5) is 24.9. The molecule has 23 heavy (non-hydrogen) atoms. The van der Waals surface area contributed by atoms with Gasteiger partial charge < -0.3 is 9.47 Å². The van der Waals surface area contributed by atoms with Crippen molar-refractivity contribution in [2.24, 2.45) is 0 Å². The Morgan fingerprint density at radius 1 is 1.17 bits per heavy atom. The van der Waals surface area contributed by atoms with E-state index in [0.29, 0.717) is 5.56 Å². The Morgan fingerprint density at radius 3 is 2.52 bits per heavy atom.